The number of nitrogens with one attached hydrogen (secondary N) is 2. The number of halogens is 3. The largest absolute Gasteiger partial charge is 0.511 e. The van der Waals surface area contributed by atoms with Crippen LogP contribution in [0.5, 0.6) is 0 Å². The minimum atomic E-state index is -5.27. The van der Waals surface area contributed by atoms with Crippen LogP contribution in [0.25, 0.3) is 0 Å². The number of alkyl halides is 3. The average Bonchev–Trinajstić information content (AvgIpc) is 2.69. The van der Waals surface area contributed by atoms with Crippen molar-refractivity contribution >= 4 is 21.9 Å². The molecule has 0 unspecified atom stereocenters. The maximum Gasteiger partial charge on any atom is 0.511 e. The van der Waals surface area contributed by atoms with E-state index in [0.29, 0.717) is 48.3 Å². The van der Waals surface area contributed by atoms with E-state index < -0.39 is 21.4 Å². The van der Waals surface area contributed by atoms with E-state index in [0.717, 1.165) is 5.56 Å². The molecule has 1 aliphatic heterocycles. The average molecular weight is 449 g/mol. The summed E-state index contributed by atoms with van der Waals surface area (Å²) in [6.07, 6.45) is 0.644. The first kappa shape index (κ1) is 23.9. The topological polar surface area (TPSA) is 117 Å². The van der Waals surface area contributed by atoms with E-state index >= 15 is 0 Å². The Kier molecular flexibility index (Phi) is 8.07. The van der Waals surface area contributed by atoms with Crippen molar-refractivity contribution < 1.29 is 26.4 Å². The fraction of sp³-hybridized carbons (Fsp3) is 0.556. The molecule has 0 aromatic heterocycles. The number of benzene rings is 1. The van der Waals surface area contributed by atoms with E-state index in [9.17, 15) is 26.4 Å². The molecule has 1 aliphatic rings. The molecule has 168 valence electrons. The van der Waals surface area contributed by atoms with Gasteiger partial charge in [-0.25, -0.2) is 13.4 Å². The molecule has 1 fully saturated rings. The lowest BCUT2D eigenvalue weighted by Crippen LogP contribution is -2.47. The molecule has 1 aromatic carbocycles. The standard InChI is InChI=1S/C18H26F3N5O3S/c1-2-23-17(25-12-14-4-3-5-15(10-14)16(22)27)24-11-13-6-8-26(9-7-13)30(28,29)18(19,20)21/h3-5,10,13H,2,6-9,11-12H2,1H3,(H2,22,27)(H2,23,24,25). The molecule has 0 saturated carbocycles. The summed E-state index contributed by atoms with van der Waals surface area (Å²) in [5, 5.41) is 6.21. The lowest BCUT2D eigenvalue weighted by molar-refractivity contribution is -0.0496. The van der Waals surface area contributed by atoms with Crippen molar-refractivity contribution in [3.8, 4) is 0 Å². The molecule has 0 aliphatic carbocycles. The van der Waals surface area contributed by atoms with Crippen LogP contribution in [0.15, 0.2) is 29.3 Å². The van der Waals surface area contributed by atoms with E-state index in [-0.39, 0.29) is 19.0 Å². The van der Waals surface area contributed by atoms with Crippen molar-refractivity contribution in [3.05, 3.63) is 35.4 Å². The summed E-state index contributed by atoms with van der Waals surface area (Å²) in [4.78, 5) is 15.7. The Morgan fingerprint density at radius 1 is 1.27 bits per heavy atom. The third kappa shape index (κ3) is 6.33. The fourth-order valence-corrected chi connectivity index (χ4v) is 4.06. The van der Waals surface area contributed by atoms with Crippen molar-refractivity contribution in [2.24, 2.45) is 16.6 Å². The number of hydrogen-bond acceptors (Lipinski definition) is 4. The predicted molar refractivity (Wildman–Crippen MR) is 107 cm³/mol. The van der Waals surface area contributed by atoms with Crippen LogP contribution in [0.2, 0.25) is 0 Å². The molecule has 1 aromatic rings. The lowest BCUT2D eigenvalue weighted by atomic mass is 9.98. The van der Waals surface area contributed by atoms with Crippen LogP contribution in [0.1, 0.15) is 35.7 Å². The number of carbonyl (C=O) groups is 1. The number of rotatable bonds is 7. The molecule has 1 heterocycles. The number of guanidine groups is 1. The highest BCUT2D eigenvalue weighted by Crippen LogP contribution is 2.30. The molecule has 2 rings (SSSR count). The normalized spacial score (nSPS) is 17.0. The molecule has 1 amide bonds. The number of piperidine rings is 1. The van der Waals surface area contributed by atoms with Gasteiger partial charge in [-0.05, 0) is 43.4 Å². The van der Waals surface area contributed by atoms with Gasteiger partial charge in [0.2, 0.25) is 5.91 Å². The summed E-state index contributed by atoms with van der Waals surface area (Å²) in [6, 6.07) is 6.81. The number of aliphatic imine (C=N–C) groups is 1. The van der Waals surface area contributed by atoms with Gasteiger partial charge in [-0.15, -0.1) is 0 Å². The maximum atomic E-state index is 12.7. The first-order valence-corrected chi connectivity index (χ1v) is 11.0. The Bertz CT molecular complexity index is 866. The van der Waals surface area contributed by atoms with Gasteiger partial charge in [-0.2, -0.15) is 17.5 Å². The van der Waals surface area contributed by atoms with Gasteiger partial charge < -0.3 is 16.4 Å². The van der Waals surface area contributed by atoms with Crippen LogP contribution in [-0.2, 0) is 16.6 Å². The SMILES string of the molecule is CCNC(=NCc1cccc(C(N)=O)c1)NCC1CCN(S(=O)(=O)C(F)(F)F)CC1. The minimum Gasteiger partial charge on any atom is -0.366 e. The molecular formula is C18H26F3N5O3S. The van der Waals surface area contributed by atoms with E-state index in [1.165, 1.54) is 0 Å². The number of nitrogens with two attached hydrogens (primary N) is 1. The molecule has 8 nitrogen and oxygen atoms in total. The Morgan fingerprint density at radius 2 is 1.93 bits per heavy atom. The van der Waals surface area contributed by atoms with Crippen molar-refractivity contribution in [2.75, 3.05) is 26.2 Å². The number of nitrogens with zero attached hydrogens (tertiary/aromatic N) is 2. The Balaban J connectivity index is 1.90. The van der Waals surface area contributed by atoms with E-state index in [1.54, 1.807) is 18.2 Å². The summed E-state index contributed by atoms with van der Waals surface area (Å²) in [5.74, 6) is 0.0174. The second kappa shape index (κ2) is 10.1. The summed E-state index contributed by atoms with van der Waals surface area (Å²) in [5.41, 5.74) is 1.20. The number of amides is 1. The molecule has 12 heteroatoms. The van der Waals surface area contributed by atoms with Gasteiger partial charge in [0.1, 0.15) is 0 Å². The van der Waals surface area contributed by atoms with E-state index in [1.807, 2.05) is 13.0 Å². The van der Waals surface area contributed by atoms with Gasteiger partial charge >= 0.3 is 15.5 Å². The number of sulfonamides is 1. The highest BCUT2D eigenvalue weighted by atomic mass is 32.2. The van der Waals surface area contributed by atoms with Crippen LogP contribution in [0, 0.1) is 5.92 Å². The molecule has 4 N–H and O–H groups in total. The Hall–Kier alpha value is -2.34. The zero-order chi connectivity index (χ0) is 22.4. The smallest absolute Gasteiger partial charge is 0.366 e. The van der Waals surface area contributed by atoms with Crippen LogP contribution in [0.3, 0.4) is 0 Å². The third-order valence-electron chi connectivity index (χ3n) is 4.74. The first-order valence-electron chi connectivity index (χ1n) is 9.52. The van der Waals surface area contributed by atoms with Gasteiger partial charge in [-0.3, -0.25) is 4.79 Å². The monoisotopic (exact) mass is 449 g/mol. The fourth-order valence-electron chi connectivity index (χ4n) is 3.08. The lowest BCUT2D eigenvalue weighted by Gasteiger charge is -2.31. The quantitative estimate of drug-likeness (QED) is 0.430. The molecule has 30 heavy (non-hydrogen) atoms. The summed E-state index contributed by atoms with van der Waals surface area (Å²) in [7, 11) is -5.27. The minimum absolute atomic E-state index is 0.0201. The summed E-state index contributed by atoms with van der Waals surface area (Å²) < 4.78 is 61.4. The summed E-state index contributed by atoms with van der Waals surface area (Å²) in [6.45, 7) is 2.93. The Labute approximate surface area is 173 Å². The molecule has 0 atom stereocenters. The van der Waals surface area contributed by atoms with Gasteiger partial charge in [0.15, 0.2) is 5.96 Å². The van der Waals surface area contributed by atoms with Crippen LogP contribution >= 0.6 is 0 Å². The van der Waals surface area contributed by atoms with Crippen LogP contribution < -0.4 is 16.4 Å². The summed E-state index contributed by atoms with van der Waals surface area (Å²) >= 11 is 0. The molecular weight excluding hydrogens is 423 g/mol. The highest BCUT2D eigenvalue weighted by Gasteiger charge is 2.50. The zero-order valence-electron chi connectivity index (χ0n) is 16.6. The third-order valence-corrected chi connectivity index (χ3v) is 6.37. The van der Waals surface area contributed by atoms with Gasteiger partial charge in [0.05, 0.1) is 6.54 Å². The van der Waals surface area contributed by atoms with E-state index in [4.69, 9.17) is 5.73 Å². The molecule has 1 saturated heterocycles. The van der Waals surface area contributed by atoms with Gasteiger partial charge in [-0.1, -0.05) is 12.1 Å². The van der Waals surface area contributed by atoms with E-state index in [2.05, 4.69) is 15.6 Å². The molecule has 0 radical (unpaired) electrons. The zero-order valence-corrected chi connectivity index (χ0v) is 17.4. The predicted octanol–water partition coefficient (Wildman–Crippen LogP) is 1.40. The maximum absolute atomic E-state index is 12.7. The van der Waals surface area contributed by atoms with Crippen molar-refractivity contribution in [2.45, 2.75) is 31.8 Å². The number of hydrogen-bond donors (Lipinski definition) is 3. The first-order chi connectivity index (χ1) is 14.0. The number of primary amides is 1. The van der Waals surface area contributed by atoms with Gasteiger partial charge in [0.25, 0.3) is 0 Å². The second-order valence-corrected chi connectivity index (χ2v) is 8.86. The van der Waals surface area contributed by atoms with Crippen LogP contribution in [-0.4, -0.2) is 56.3 Å². The van der Waals surface area contributed by atoms with Crippen LogP contribution in [0.4, 0.5) is 13.2 Å². The number of carbonyl (C=O) groups excluding carboxylic acids is 1. The second-order valence-electron chi connectivity index (χ2n) is 6.93. The van der Waals surface area contributed by atoms with Gasteiger partial charge in [0, 0.05) is 31.7 Å². The highest BCUT2D eigenvalue weighted by molar-refractivity contribution is 7.90. The molecule has 0 bridgehead atoms. The van der Waals surface area contributed by atoms with Crippen molar-refractivity contribution in [1.82, 2.24) is 14.9 Å². The van der Waals surface area contributed by atoms with Crippen molar-refractivity contribution in [3.63, 3.8) is 0 Å². The molecule has 0 spiro atoms. The van der Waals surface area contributed by atoms with Crippen molar-refractivity contribution in [1.29, 1.82) is 0 Å². The Morgan fingerprint density at radius 3 is 2.50 bits per heavy atom.